The molecule has 1 atom stereocenters. The molecule has 3 rings (SSSR count). The topological polar surface area (TPSA) is 70.2 Å². The van der Waals surface area contributed by atoms with Gasteiger partial charge in [-0.05, 0) is 37.3 Å². The van der Waals surface area contributed by atoms with Crippen molar-refractivity contribution < 1.29 is 13.2 Å². The molecule has 1 fully saturated rings. The van der Waals surface area contributed by atoms with E-state index in [0.717, 1.165) is 24.8 Å². The van der Waals surface area contributed by atoms with Crippen LogP contribution in [-0.2, 0) is 21.1 Å². The molecule has 0 spiro atoms. The van der Waals surface area contributed by atoms with Gasteiger partial charge in [0.1, 0.15) is 0 Å². The maximum atomic E-state index is 12.6. The number of carbonyl (C=O) groups excluding carboxylic acids is 1. The Morgan fingerprint density at radius 1 is 1.32 bits per heavy atom. The number of nitrogens with one attached hydrogen (secondary N) is 1. The molecule has 0 saturated carbocycles. The third kappa shape index (κ3) is 4.24. The number of aryl methyl sites for hydroxylation is 1. The van der Waals surface area contributed by atoms with Gasteiger partial charge in [0.05, 0.1) is 11.5 Å². The van der Waals surface area contributed by atoms with Crippen molar-refractivity contribution in [1.29, 1.82) is 0 Å². The number of hydrogen-bond acceptors (Lipinski definition) is 3. The van der Waals surface area contributed by atoms with Crippen molar-refractivity contribution in [2.75, 3.05) is 18.1 Å². The van der Waals surface area contributed by atoms with E-state index in [1.165, 1.54) is 10.9 Å². The molecule has 0 aliphatic carbocycles. The largest absolute Gasteiger partial charge is 0.361 e. The summed E-state index contributed by atoms with van der Waals surface area (Å²) in [4.78, 5) is 17.7. The summed E-state index contributed by atoms with van der Waals surface area (Å²) in [5, 5.41) is 1.21. The van der Waals surface area contributed by atoms with E-state index in [9.17, 15) is 13.2 Å². The summed E-state index contributed by atoms with van der Waals surface area (Å²) in [6.45, 7) is 2.67. The molecule has 6 heteroatoms. The molecule has 1 N–H and O–H groups in total. The van der Waals surface area contributed by atoms with Crippen LogP contribution in [0.3, 0.4) is 0 Å². The first-order valence-electron chi connectivity index (χ1n) is 9.05. The number of hydrogen-bond donors (Lipinski definition) is 1. The molecule has 2 aromatic rings. The summed E-state index contributed by atoms with van der Waals surface area (Å²) in [7, 11) is -2.97. The van der Waals surface area contributed by atoms with Gasteiger partial charge in [-0.2, -0.15) is 0 Å². The van der Waals surface area contributed by atoms with Gasteiger partial charge in [0.15, 0.2) is 9.84 Å². The number of amides is 1. The normalized spacial score (nSPS) is 19.3. The zero-order chi connectivity index (χ0) is 17.9. The minimum atomic E-state index is -2.97. The number of H-pyrrole nitrogens is 1. The fraction of sp³-hybridized carbons (Fsp3) is 0.526. The number of aromatic amines is 1. The Bertz CT molecular complexity index is 841. The van der Waals surface area contributed by atoms with E-state index in [4.69, 9.17) is 0 Å². The SMILES string of the molecule is CCCN(C(=O)CCCc1c[nH]c2ccccc12)[C@@H]1CCS(=O)(=O)C1. The van der Waals surface area contributed by atoms with Crippen molar-refractivity contribution in [3.05, 3.63) is 36.0 Å². The van der Waals surface area contributed by atoms with Crippen LogP contribution in [0.1, 0.15) is 38.2 Å². The molecular formula is C19H26N2O3S. The van der Waals surface area contributed by atoms with Crippen LogP contribution < -0.4 is 0 Å². The second kappa shape index (κ2) is 7.60. The van der Waals surface area contributed by atoms with Gasteiger partial charge in [0.2, 0.25) is 5.91 Å². The Labute approximate surface area is 149 Å². The van der Waals surface area contributed by atoms with Gasteiger partial charge in [-0.15, -0.1) is 0 Å². The van der Waals surface area contributed by atoms with E-state index in [1.807, 2.05) is 31.3 Å². The summed E-state index contributed by atoms with van der Waals surface area (Å²) < 4.78 is 23.4. The fourth-order valence-electron chi connectivity index (χ4n) is 3.69. The van der Waals surface area contributed by atoms with Gasteiger partial charge in [-0.25, -0.2) is 8.42 Å². The van der Waals surface area contributed by atoms with Crippen LogP contribution in [0.15, 0.2) is 30.5 Å². The maximum absolute atomic E-state index is 12.6. The molecule has 1 aromatic heterocycles. The van der Waals surface area contributed by atoms with Gasteiger partial charge in [-0.1, -0.05) is 25.1 Å². The minimum absolute atomic E-state index is 0.0868. The lowest BCUT2D eigenvalue weighted by Crippen LogP contribution is -2.41. The highest BCUT2D eigenvalue weighted by molar-refractivity contribution is 7.91. The Morgan fingerprint density at radius 2 is 2.12 bits per heavy atom. The quantitative estimate of drug-likeness (QED) is 0.823. The monoisotopic (exact) mass is 362 g/mol. The third-order valence-electron chi connectivity index (χ3n) is 4.95. The third-order valence-corrected chi connectivity index (χ3v) is 6.70. The zero-order valence-corrected chi connectivity index (χ0v) is 15.5. The molecule has 0 unspecified atom stereocenters. The highest BCUT2D eigenvalue weighted by Gasteiger charge is 2.33. The second-order valence-electron chi connectivity index (χ2n) is 6.86. The first kappa shape index (κ1) is 18.0. The van der Waals surface area contributed by atoms with Crippen molar-refractivity contribution in [1.82, 2.24) is 9.88 Å². The van der Waals surface area contributed by atoms with Gasteiger partial charge in [0.25, 0.3) is 0 Å². The zero-order valence-electron chi connectivity index (χ0n) is 14.7. The molecule has 25 heavy (non-hydrogen) atoms. The van der Waals surface area contributed by atoms with Gasteiger partial charge >= 0.3 is 0 Å². The van der Waals surface area contributed by atoms with Crippen molar-refractivity contribution in [2.24, 2.45) is 0 Å². The predicted molar refractivity (Wildman–Crippen MR) is 100 cm³/mol. The van der Waals surface area contributed by atoms with Crippen LogP contribution in [0.4, 0.5) is 0 Å². The number of rotatable bonds is 7. The lowest BCUT2D eigenvalue weighted by Gasteiger charge is -2.28. The Balaban J connectivity index is 1.58. The van der Waals surface area contributed by atoms with Crippen molar-refractivity contribution in [3.8, 4) is 0 Å². The fourth-order valence-corrected chi connectivity index (χ4v) is 5.42. The van der Waals surface area contributed by atoms with Gasteiger partial charge in [0, 0.05) is 36.1 Å². The Hall–Kier alpha value is -1.82. The van der Waals surface area contributed by atoms with E-state index in [0.29, 0.717) is 19.4 Å². The number of para-hydroxylation sites is 1. The van der Waals surface area contributed by atoms with Crippen LogP contribution >= 0.6 is 0 Å². The number of sulfone groups is 1. The maximum Gasteiger partial charge on any atom is 0.222 e. The number of benzene rings is 1. The van der Waals surface area contributed by atoms with Crippen LogP contribution in [0, 0.1) is 0 Å². The molecule has 1 aliphatic heterocycles. The molecule has 5 nitrogen and oxygen atoms in total. The van der Waals surface area contributed by atoms with E-state index in [-0.39, 0.29) is 23.5 Å². The lowest BCUT2D eigenvalue weighted by atomic mass is 10.1. The summed E-state index contributed by atoms with van der Waals surface area (Å²) in [6, 6.07) is 8.03. The first-order valence-corrected chi connectivity index (χ1v) is 10.9. The van der Waals surface area contributed by atoms with E-state index in [1.54, 1.807) is 4.90 Å². The summed E-state index contributed by atoms with van der Waals surface area (Å²) in [6.07, 6.45) is 5.54. The standard InChI is InChI=1S/C19H26N2O3S/c1-2-11-21(16-10-12-25(23,24)14-16)19(22)9-5-6-15-13-20-18-8-4-3-7-17(15)18/h3-4,7-8,13,16,20H,2,5-6,9-12,14H2,1H3/t16-/m1/s1. The molecule has 1 saturated heterocycles. The van der Waals surface area contributed by atoms with Crippen molar-refractivity contribution >= 4 is 26.6 Å². The number of carbonyl (C=O) groups is 1. The van der Waals surface area contributed by atoms with E-state index < -0.39 is 9.84 Å². The van der Waals surface area contributed by atoms with Gasteiger partial charge < -0.3 is 9.88 Å². The van der Waals surface area contributed by atoms with Crippen LogP contribution in [0.25, 0.3) is 10.9 Å². The number of aromatic nitrogens is 1. The molecule has 0 bridgehead atoms. The smallest absolute Gasteiger partial charge is 0.222 e. The molecular weight excluding hydrogens is 336 g/mol. The highest BCUT2D eigenvalue weighted by Crippen LogP contribution is 2.22. The molecule has 1 amide bonds. The van der Waals surface area contributed by atoms with Crippen LogP contribution in [-0.4, -0.2) is 48.3 Å². The van der Waals surface area contributed by atoms with Crippen molar-refractivity contribution in [3.63, 3.8) is 0 Å². The lowest BCUT2D eigenvalue weighted by molar-refractivity contribution is -0.133. The van der Waals surface area contributed by atoms with Gasteiger partial charge in [-0.3, -0.25) is 4.79 Å². The second-order valence-corrected chi connectivity index (χ2v) is 9.09. The number of nitrogens with zero attached hydrogens (tertiary/aromatic N) is 1. The van der Waals surface area contributed by atoms with E-state index >= 15 is 0 Å². The van der Waals surface area contributed by atoms with E-state index in [2.05, 4.69) is 11.1 Å². The molecule has 1 aromatic carbocycles. The molecule has 0 radical (unpaired) electrons. The minimum Gasteiger partial charge on any atom is -0.361 e. The average molecular weight is 362 g/mol. The summed E-state index contributed by atoms with van der Waals surface area (Å²) in [5.74, 6) is 0.422. The average Bonchev–Trinajstić information content (AvgIpc) is 3.16. The highest BCUT2D eigenvalue weighted by atomic mass is 32.2. The molecule has 136 valence electrons. The molecule has 1 aliphatic rings. The summed E-state index contributed by atoms with van der Waals surface area (Å²) in [5.41, 5.74) is 2.35. The van der Waals surface area contributed by atoms with Crippen molar-refractivity contribution in [2.45, 2.75) is 45.1 Å². The van der Waals surface area contributed by atoms with Crippen LogP contribution in [0.2, 0.25) is 0 Å². The summed E-state index contributed by atoms with van der Waals surface area (Å²) >= 11 is 0. The Morgan fingerprint density at radius 3 is 2.84 bits per heavy atom. The van der Waals surface area contributed by atoms with Crippen LogP contribution in [0.5, 0.6) is 0 Å². The molecule has 2 heterocycles. The Kier molecular flexibility index (Phi) is 5.47. The number of fused-ring (bicyclic) bond motifs is 1. The predicted octanol–water partition coefficient (Wildman–Crippen LogP) is 2.92. The first-order chi connectivity index (χ1) is 12.0.